The van der Waals surface area contributed by atoms with Gasteiger partial charge in [0.15, 0.2) is 5.96 Å². The Kier molecular flexibility index (Phi) is 5.96. The number of aryl methyl sites for hydroxylation is 2. The molecule has 0 amide bonds. The van der Waals surface area contributed by atoms with E-state index in [1.807, 2.05) is 50.2 Å². The van der Waals surface area contributed by atoms with Crippen LogP contribution in [0.1, 0.15) is 23.9 Å². The molecule has 27 heavy (non-hydrogen) atoms. The van der Waals surface area contributed by atoms with Crippen LogP contribution >= 0.6 is 0 Å². The number of aromatic nitrogens is 2. The first kappa shape index (κ1) is 18.8. The average Bonchev–Trinajstić information content (AvgIpc) is 3.08. The van der Waals surface area contributed by atoms with Crippen molar-refractivity contribution in [1.82, 2.24) is 20.0 Å². The number of ether oxygens (including phenoxy) is 1. The van der Waals surface area contributed by atoms with Crippen LogP contribution in [-0.4, -0.2) is 35.0 Å². The summed E-state index contributed by atoms with van der Waals surface area (Å²) in [4.78, 5) is 8.91. The lowest BCUT2D eigenvalue weighted by molar-refractivity contribution is 0.222. The van der Waals surface area contributed by atoms with E-state index in [1.165, 1.54) is 0 Å². The van der Waals surface area contributed by atoms with Gasteiger partial charge in [0, 0.05) is 18.9 Å². The van der Waals surface area contributed by atoms with Crippen LogP contribution in [0.3, 0.4) is 0 Å². The number of aliphatic imine (C=N–C) groups is 1. The van der Waals surface area contributed by atoms with Crippen molar-refractivity contribution >= 4 is 11.6 Å². The molecule has 0 radical (unpaired) electrons. The molecule has 6 heteroatoms. The van der Waals surface area contributed by atoms with E-state index in [0.29, 0.717) is 13.1 Å². The minimum absolute atomic E-state index is 0.0162. The Hall–Kier alpha value is -3.02. The predicted molar refractivity (Wildman–Crippen MR) is 109 cm³/mol. The average molecular weight is 365 g/mol. The molecule has 0 aliphatic carbocycles. The van der Waals surface area contributed by atoms with Crippen LogP contribution in [0.15, 0.2) is 53.7 Å². The van der Waals surface area contributed by atoms with Gasteiger partial charge in [-0.25, -0.2) is 4.98 Å². The van der Waals surface area contributed by atoms with Crippen LogP contribution in [0.25, 0.3) is 5.65 Å². The maximum absolute atomic E-state index is 5.99. The molecule has 3 rings (SSSR count). The van der Waals surface area contributed by atoms with Crippen LogP contribution in [0.4, 0.5) is 0 Å². The van der Waals surface area contributed by atoms with Gasteiger partial charge < -0.3 is 19.8 Å². The zero-order valence-corrected chi connectivity index (χ0v) is 16.4. The molecule has 0 saturated heterocycles. The fourth-order valence-electron chi connectivity index (χ4n) is 2.87. The maximum atomic E-state index is 5.99. The minimum atomic E-state index is 0.0162. The number of para-hydroxylation sites is 1. The predicted octanol–water partition coefficient (Wildman–Crippen LogP) is 3.08. The van der Waals surface area contributed by atoms with Crippen LogP contribution in [0, 0.1) is 13.8 Å². The lowest BCUT2D eigenvalue weighted by Gasteiger charge is -2.18. The topological polar surface area (TPSA) is 63.0 Å². The summed E-state index contributed by atoms with van der Waals surface area (Å²) < 4.78 is 8.08. The molecule has 142 valence electrons. The standard InChI is InChI=1S/C21H27N5O/c1-15-8-5-6-10-19(15)27-17(3)12-23-21(22-4)24-13-18-14-26-16(2)9-7-11-20(26)25-18/h5-11,14,17H,12-13H2,1-4H3,(H2,22,23,24). The molecule has 3 aromatic rings. The van der Waals surface area contributed by atoms with Gasteiger partial charge in [0.2, 0.25) is 0 Å². The molecule has 2 aromatic heterocycles. The second kappa shape index (κ2) is 8.58. The van der Waals surface area contributed by atoms with Gasteiger partial charge in [-0.05, 0) is 44.5 Å². The Morgan fingerprint density at radius 1 is 1.15 bits per heavy atom. The third-order valence-electron chi connectivity index (χ3n) is 4.39. The second-order valence-electron chi connectivity index (χ2n) is 6.63. The van der Waals surface area contributed by atoms with Crippen molar-refractivity contribution in [3.05, 3.63) is 65.6 Å². The summed E-state index contributed by atoms with van der Waals surface area (Å²) >= 11 is 0. The smallest absolute Gasteiger partial charge is 0.191 e. The van der Waals surface area contributed by atoms with Gasteiger partial charge in [-0.1, -0.05) is 24.3 Å². The molecule has 0 spiro atoms. The summed E-state index contributed by atoms with van der Waals surface area (Å²) in [6, 6.07) is 14.1. The lowest BCUT2D eigenvalue weighted by Crippen LogP contribution is -2.41. The highest BCUT2D eigenvalue weighted by atomic mass is 16.5. The van der Waals surface area contributed by atoms with Gasteiger partial charge in [-0.2, -0.15) is 0 Å². The Labute approximate surface area is 160 Å². The van der Waals surface area contributed by atoms with Crippen LogP contribution in [-0.2, 0) is 6.54 Å². The Balaban J connectivity index is 1.51. The number of imidazole rings is 1. The molecular weight excluding hydrogens is 338 g/mol. The Morgan fingerprint density at radius 2 is 1.96 bits per heavy atom. The van der Waals surface area contributed by atoms with E-state index >= 15 is 0 Å². The molecule has 0 aliphatic rings. The first-order chi connectivity index (χ1) is 13.1. The monoisotopic (exact) mass is 365 g/mol. The highest BCUT2D eigenvalue weighted by Gasteiger charge is 2.08. The van der Waals surface area contributed by atoms with Crippen molar-refractivity contribution in [3.63, 3.8) is 0 Å². The summed E-state index contributed by atoms with van der Waals surface area (Å²) in [6.07, 6.45) is 2.07. The molecule has 0 aliphatic heterocycles. The molecule has 1 atom stereocenters. The van der Waals surface area contributed by atoms with Gasteiger partial charge in [0.1, 0.15) is 17.5 Å². The summed E-state index contributed by atoms with van der Waals surface area (Å²) in [7, 11) is 1.76. The molecule has 1 aromatic carbocycles. The maximum Gasteiger partial charge on any atom is 0.191 e. The highest BCUT2D eigenvalue weighted by molar-refractivity contribution is 5.79. The number of guanidine groups is 1. The third-order valence-corrected chi connectivity index (χ3v) is 4.39. The number of pyridine rings is 1. The zero-order valence-electron chi connectivity index (χ0n) is 16.4. The van der Waals surface area contributed by atoms with E-state index in [0.717, 1.165) is 34.3 Å². The molecule has 2 N–H and O–H groups in total. The fourth-order valence-corrected chi connectivity index (χ4v) is 2.87. The van der Waals surface area contributed by atoms with E-state index in [9.17, 15) is 0 Å². The first-order valence-corrected chi connectivity index (χ1v) is 9.17. The molecule has 0 fully saturated rings. The zero-order chi connectivity index (χ0) is 19.2. The number of hydrogen-bond donors (Lipinski definition) is 2. The van der Waals surface area contributed by atoms with E-state index in [1.54, 1.807) is 7.05 Å². The number of rotatable bonds is 6. The quantitative estimate of drug-likeness (QED) is 0.520. The van der Waals surface area contributed by atoms with Gasteiger partial charge in [0.25, 0.3) is 0 Å². The summed E-state index contributed by atoms with van der Waals surface area (Å²) in [5, 5.41) is 6.61. The van der Waals surface area contributed by atoms with E-state index in [2.05, 4.69) is 44.2 Å². The molecule has 2 heterocycles. The van der Waals surface area contributed by atoms with Crippen molar-refractivity contribution in [2.75, 3.05) is 13.6 Å². The second-order valence-corrected chi connectivity index (χ2v) is 6.63. The number of benzene rings is 1. The third kappa shape index (κ3) is 4.78. The number of hydrogen-bond acceptors (Lipinski definition) is 3. The highest BCUT2D eigenvalue weighted by Crippen LogP contribution is 2.17. The van der Waals surface area contributed by atoms with Crippen molar-refractivity contribution in [1.29, 1.82) is 0 Å². The largest absolute Gasteiger partial charge is 0.489 e. The molecule has 1 unspecified atom stereocenters. The van der Waals surface area contributed by atoms with E-state index in [4.69, 9.17) is 4.74 Å². The van der Waals surface area contributed by atoms with E-state index < -0.39 is 0 Å². The summed E-state index contributed by atoms with van der Waals surface area (Å²) in [5.74, 6) is 1.64. The number of nitrogens with one attached hydrogen (secondary N) is 2. The number of fused-ring (bicyclic) bond motifs is 1. The normalized spacial score (nSPS) is 12.8. The first-order valence-electron chi connectivity index (χ1n) is 9.17. The summed E-state index contributed by atoms with van der Waals surface area (Å²) in [6.45, 7) is 7.42. The van der Waals surface area contributed by atoms with Crippen LogP contribution < -0.4 is 15.4 Å². The molecule has 0 saturated carbocycles. The van der Waals surface area contributed by atoms with Gasteiger partial charge in [-0.3, -0.25) is 4.99 Å². The van der Waals surface area contributed by atoms with Crippen molar-refractivity contribution in [2.45, 2.75) is 33.4 Å². The van der Waals surface area contributed by atoms with Crippen molar-refractivity contribution in [3.8, 4) is 5.75 Å². The van der Waals surface area contributed by atoms with E-state index in [-0.39, 0.29) is 6.10 Å². The molecule has 6 nitrogen and oxygen atoms in total. The molecular formula is C21H27N5O. The minimum Gasteiger partial charge on any atom is -0.489 e. The lowest BCUT2D eigenvalue weighted by atomic mass is 10.2. The van der Waals surface area contributed by atoms with Gasteiger partial charge in [0.05, 0.1) is 18.8 Å². The fraction of sp³-hybridized carbons (Fsp3) is 0.333. The summed E-state index contributed by atoms with van der Waals surface area (Å²) in [5.41, 5.74) is 4.22. The number of nitrogens with zero attached hydrogens (tertiary/aromatic N) is 3. The Bertz CT molecular complexity index is 931. The SMILES string of the molecule is CN=C(NCc1cn2c(C)cccc2n1)NCC(C)Oc1ccccc1C. The Morgan fingerprint density at radius 3 is 2.70 bits per heavy atom. The van der Waals surface area contributed by atoms with Gasteiger partial charge >= 0.3 is 0 Å². The van der Waals surface area contributed by atoms with Crippen molar-refractivity contribution in [2.24, 2.45) is 4.99 Å². The van der Waals surface area contributed by atoms with Crippen LogP contribution in [0.5, 0.6) is 5.75 Å². The molecule has 0 bridgehead atoms. The van der Waals surface area contributed by atoms with Crippen LogP contribution in [0.2, 0.25) is 0 Å². The van der Waals surface area contributed by atoms with Crippen molar-refractivity contribution < 1.29 is 4.74 Å². The van der Waals surface area contributed by atoms with Gasteiger partial charge in [-0.15, -0.1) is 0 Å².